The summed E-state index contributed by atoms with van der Waals surface area (Å²) in [5, 5.41) is 2.46. The summed E-state index contributed by atoms with van der Waals surface area (Å²) in [5.41, 5.74) is 0.663. The van der Waals surface area contributed by atoms with Crippen molar-refractivity contribution in [1.29, 1.82) is 0 Å². The lowest BCUT2D eigenvalue weighted by Crippen LogP contribution is -2.17. The predicted molar refractivity (Wildman–Crippen MR) is 67.3 cm³/mol. The summed E-state index contributed by atoms with van der Waals surface area (Å²) in [6.45, 7) is 0. The van der Waals surface area contributed by atoms with E-state index >= 15 is 0 Å². The number of hydrogen-bond acceptors (Lipinski definition) is 4. The van der Waals surface area contributed by atoms with Crippen LogP contribution in [0.1, 0.15) is 21.5 Å². The SMILES string of the molecule is CNC(c1cnc(C(F)(F)F)s1)c1ccncc1Cl. The Morgan fingerprint density at radius 3 is 2.63 bits per heavy atom. The Bertz CT molecular complexity index is 570. The second-order valence-corrected chi connectivity index (χ2v) is 5.15. The van der Waals surface area contributed by atoms with Gasteiger partial charge in [-0.2, -0.15) is 13.2 Å². The summed E-state index contributed by atoms with van der Waals surface area (Å²) in [6.07, 6.45) is -0.223. The van der Waals surface area contributed by atoms with Crippen LogP contribution in [-0.4, -0.2) is 17.0 Å². The van der Waals surface area contributed by atoms with E-state index in [1.165, 1.54) is 18.6 Å². The van der Waals surface area contributed by atoms with Crippen LogP contribution in [0.2, 0.25) is 5.02 Å². The van der Waals surface area contributed by atoms with E-state index in [0.717, 1.165) is 0 Å². The fraction of sp³-hybridized carbons (Fsp3) is 0.273. The Kier molecular flexibility index (Phi) is 4.07. The van der Waals surface area contributed by atoms with E-state index in [9.17, 15) is 13.2 Å². The molecule has 102 valence electrons. The molecule has 0 saturated carbocycles. The van der Waals surface area contributed by atoms with Gasteiger partial charge < -0.3 is 5.32 Å². The molecule has 3 nitrogen and oxygen atoms in total. The standard InChI is InChI=1S/C11H9ClF3N3S/c1-16-9(6-2-3-17-4-7(6)12)8-5-18-10(19-8)11(13,14)15/h2-5,9,16H,1H3. The lowest BCUT2D eigenvalue weighted by Gasteiger charge is -2.15. The number of aromatic nitrogens is 2. The summed E-state index contributed by atoms with van der Waals surface area (Å²) in [7, 11) is 1.65. The van der Waals surface area contributed by atoms with Crippen LogP contribution in [0.15, 0.2) is 24.7 Å². The molecule has 1 N–H and O–H groups in total. The molecule has 0 radical (unpaired) electrons. The smallest absolute Gasteiger partial charge is 0.309 e. The first kappa shape index (κ1) is 14.2. The van der Waals surface area contributed by atoms with Crippen LogP contribution < -0.4 is 5.32 Å². The third kappa shape index (κ3) is 3.05. The maximum Gasteiger partial charge on any atom is 0.443 e. The fourth-order valence-corrected chi connectivity index (χ4v) is 2.76. The van der Waals surface area contributed by atoms with Gasteiger partial charge >= 0.3 is 6.18 Å². The Balaban J connectivity index is 2.38. The summed E-state index contributed by atoms with van der Waals surface area (Å²) < 4.78 is 37.6. The number of hydrogen-bond donors (Lipinski definition) is 1. The Labute approximate surface area is 116 Å². The monoisotopic (exact) mass is 307 g/mol. The number of halogens is 4. The zero-order chi connectivity index (χ0) is 14.0. The first-order valence-electron chi connectivity index (χ1n) is 5.23. The molecular formula is C11H9ClF3N3S. The van der Waals surface area contributed by atoms with Gasteiger partial charge in [0.05, 0.1) is 11.1 Å². The topological polar surface area (TPSA) is 37.8 Å². The molecule has 1 atom stereocenters. The van der Waals surface area contributed by atoms with Gasteiger partial charge in [-0.1, -0.05) is 11.6 Å². The van der Waals surface area contributed by atoms with Crippen LogP contribution in [-0.2, 0) is 6.18 Å². The molecule has 2 heterocycles. The van der Waals surface area contributed by atoms with Crippen LogP contribution in [0.3, 0.4) is 0 Å². The Hall–Kier alpha value is -1.18. The molecule has 0 aliphatic heterocycles. The third-order valence-corrected chi connectivity index (χ3v) is 3.88. The molecular weight excluding hydrogens is 299 g/mol. The summed E-state index contributed by atoms with van der Waals surface area (Å²) >= 11 is 6.60. The van der Waals surface area contributed by atoms with E-state index in [1.807, 2.05) is 0 Å². The molecule has 8 heteroatoms. The van der Waals surface area contributed by atoms with Crippen LogP contribution in [0, 0.1) is 0 Å². The highest BCUT2D eigenvalue weighted by Gasteiger charge is 2.35. The molecule has 1 unspecified atom stereocenters. The second-order valence-electron chi connectivity index (χ2n) is 3.68. The molecule has 0 amide bonds. The zero-order valence-corrected chi connectivity index (χ0v) is 11.3. The normalized spacial score (nSPS) is 13.5. The van der Waals surface area contributed by atoms with E-state index in [1.54, 1.807) is 13.1 Å². The fourth-order valence-electron chi connectivity index (χ4n) is 1.62. The summed E-state index contributed by atoms with van der Waals surface area (Å²) in [5.74, 6) is 0. The number of pyridine rings is 1. The largest absolute Gasteiger partial charge is 0.443 e. The van der Waals surface area contributed by atoms with Crippen molar-refractivity contribution in [2.75, 3.05) is 7.05 Å². The van der Waals surface area contributed by atoms with Gasteiger partial charge in [-0.3, -0.25) is 4.98 Å². The van der Waals surface area contributed by atoms with Crippen molar-refractivity contribution in [3.05, 3.63) is 45.1 Å². The molecule has 0 aliphatic carbocycles. The lowest BCUT2D eigenvalue weighted by molar-refractivity contribution is -0.137. The number of thiazole rings is 1. The van der Waals surface area contributed by atoms with Gasteiger partial charge in [-0.05, 0) is 18.7 Å². The van der Waals surface area contributed by atoms with Gasteiger partial charge in [0, 0.05) is 23.5 Å². The van der Waals surface area contributed by atoms with E-state index in [0.29, 0.717) is 26.8 Å². The van der Waals surface area contributed by atoms with Crippen molar-refractivity contribution in [2.24, 2.45) is 0 Å². The molecule has 19 heavy (non-hydrogen) atoms. The predicted octanol–water partition coefficient (Wildman–Crippen LogP) is 3.52. The summed E-state index contributed by atoms with van der Waals surface area (Å²) in [6, 6.07) is 1.22. The lowest BCUT2D eigenvalue weighted by atomic mass is 10.1. The average Bonchev–Trinajstić information content (AvgIpc) is 2.82. The van der Waals surface area contributed by atoms with Crippen LogP contribution in [0.4, 0.5) is 13.2 Å². The van der Waals surface area contributed by atoms with E-state index in [4.69, 9.17) is 11.6 Å². The van der Waals surface area contributed by atoms with Crippen molar-refractivity contribution >= 4 is 22.9 Å². The molecule has 0 bridgehead atoms. The van der Waals surface area contributed by atoms with Gasteiger partial charge in [0.25, 0.3) is 0 Å². The van der Waals surface area contributed by atoms with E-state index < -0.39 is 17.2 Å². The molecule has 0 aromatic carbocycles. The highest BCUT2D eigenvalue weighted by Crippen LogP contribution is 2.36. The van der Waals surface area contributed by atoms with E-state index in [2.05, 4.69) is 15.3 Å². The molecule has 0 aliphatic rings. The van der Waals surface area contributed by atoms with Crippen molar-refractivity contribution in [2.45, 2.75) is 12.2 Å². The first-order valence-corrected chi connectivity index (χ1v) is 6.42. The number of nitrogens with one attached hydrogen (secondary N) is 1. The quantitative estimate of drug-likeness (QED) is 0.943. The zero-order valence-electron chi connectivity index (χ0n) is 9.70. The minimum atomic E-state index is -4.43. The van der Waals surface area contributed by atoms with E-state index in [-0.39, 0.29) is 0 Å². The minimum Gasteiger partial charge on any atom is -0.309 e. The minimum absolute atomic E-state index is 0.392. The Morgan fingerprint density at radius 2 is 2.11 bits per heavy atom. The van der Waals surface area contributed by atoms with Gasteiger partial charge in [0.2, 0.25) is 0 Å². The second kappa shape index (κ2) is 5.44. The highest BCUT2D eigenvalue weighted by atomic mass is 35.5. The van der Waals surface area contributed by atoms with Crippen molar-refractivity contribution in [1.82, 2.24) is 15.3 Å². The third-order valence-electron chi connectivity index (χ3n) is 2.45. The molecule has 2 rings (SSSR count). The van der Waals surface area contributed by atoms with Crippen molar-refractivity contribution < 1.29 is 13.2 Å². The van der Waals surface area contributed by atoms with Gasteiger partial charge in [-0.15, -0.1) is 11.3 Å². The molecule has 0 fully saturated rings. The highest BCUT2D eigenvalue weighted by molar-refractivity contribution is 7.11. The van der Waals surface area contributed by atoms with Gasteiger partial charge in [-0.25, -0.2) is 4.98 Å². The van der Waals surface area contributed by atoms with Gasteiger partial charge in [0.15, 0.2) is 5.01 Å². The van der Waals surface area contributed by atoms with Crippen LogP contribution in [0.5, 0.6) is 0 Å². The average molecular weight is 308 g/mol. The maximum absolute atomic E-state index is 12.5. The number of nitrogens with zero attached hydrogens (tertiary/aromatic N) is 2. The number of rotatable bonds is 3. The van der Waals surface area contributed by atoms with Crippen LogP contribution in [0.25, 0.3) is 0 Å². The molecule has 0 spiro atoms. The van der Waals surface area contributed by atoms with Gasteiger partial charge in [0.1, 0.15) is 0 Å². The Morgan fingerprint density at radius 1 is 1.37 bits per heavy atom. The van der Waals surface area contributed by atoms with Crippen LogP contribution >= 0.6 is 22.9 Å². The summed E-state index contributed by atoms with van der Waals surface area (Å²) in [4.78, 5) is 7.70. The van der Waals surface area contributed by atoms with Crippen molar-refractivity contribution in [3.8, 4) is 0 Å². The molecule has 2 aromatic rings. The van der Waals surface area contributed by atoms with Crippen molar-refractivity contribution in [3.63, 3.8) is 0 Å². The first-order chi connectivity index (χ1) is 8.93. The molecule has 0 saturated heterocycles. The maximum atomic E-state index is 12.5. The molecule has 2 aromatic heterocycles. The number of alkyl halides is 3.